The Morgan fingerprint density at radius 3 is 2.62 bits per heavy atom. The van der Waals surface area contributed by atoms with Crippen LogP contribution in [-0.4, -0.2) is 33.3 Å². The van der Waals surface area contributed by atoms with Gasteiger partial charge in [0.05, 0.1) is 17.1 Å². The van der Waals surface area contributed by atoms with E-state index in [1.807, 2.05) is 0 Å². The number of hydrogen-bond donors (Lipinski definition) is 1. The predicted octanol–water partition coefficient (Wildman–Crippen LogP) is 1.47. The maximum absolute atomic E-state index is 12.2. The van der Waals surface area contributed by atoms with Gasteiger partial charge in [0.15, 0.2) is 0 Å². The van der Waals surface area contributed by atoms with Crippen LogP contribution < -0.4 is 14.8 Å². The van der Waals surface area contributed by atoms with Gasteiger partial charge in [0.25, 0.3) is 0 Å². The Bertz CT molecular complexity index is 664. The molecule has 2 rings (SSSR count). The van der Waals surface area contributed by atoms with Crippen molar-refractivity contribution < 1.29 is 22.7 Å². The fourth-order valence-electron chi connectivity index (χ4n) is 1.88. The van der Waals surface area contributed by atoms with Crippen LogP contribution in [-0.2, 0) is 14.8 Å². The highest BCUT2D eigenvalue weighted by molar-refractivity contribution is 7.89. The minimum absolute atomic E-state index is 0.0830. The second-order valence-electron chi connectivity index (χ2n) is 5.65. The minimum atomic E-state index is -3.85. The summed E-state index contributed by atoms with van der Waals surface area (Å²) in [5.41, 5.74) is -0.311. The van der Waals surface area contributed by atoms with Crippen LogP contribution in [0, 0.1) is 0 Å². The quantitative estimate of drug-likeness (QED) is 0.846. The highest BCUT2D eigenvalue weighted by Gasteiger charge is 2.29. The van der Waals surface area contributed by atoms with Crippen LogP contribution in [0.1, 0.15) is 20.8 Å². The summed E-state index contributed by atoms with van der Waals surface area (Å²) < 4.78 is 33.6. The third-order valence-corrected chi connectivity index (χ3v) is 3.65. The van der Waals surface area contributed by atoms with Crippen molar-refractivity contribution in [3.63, 3.8) is 0 Å². The van der Waals surface area contributed by atoms with E-state index in [9.17, 15) is 13.2 Å². The molecule has 0 radical (unpaired) electrons. The van der Waals surface area contributed by atoms with Gasteiger partial charge in [0.2, 0.25) is 10.0 Å². The van der Waals surface area contributed by atoms with E-state index < -0.39 is 21.7 Å². The van der Waals surface area contributed by atoms with Crippen molar-refractivity contribution in [2.75, 3.05) is 18.1 Å². The van der Waals surface area contributed by atoms with Gasteiger partial charge in [-0.1, -0.05) is 0 Å². The van der Waals surface area contributed by atoms with E-state index in [1.165, 1.54) is 23.1 Å². The zero-order valence-electron chi connectivity index (χ0n) is 12.1. The molecule has 1 heterocycles. The molecule has 8 heteroatoms. The van der Waals surface area contributed by atoms with Crippen molar-refractivity contribution in [1.29, 1.82) is 0 Å². The first-order valence-corrected chi connectivity index (χ1v) is 7.93. The number of amides is 1. The van der Waals surface area contributed by atoms with Crippen molar-refractivity contribution >= 4 is 21.8 Å². The Morgan fingerprint density at radius 2 is 2.05 bits per heavy atom. The van der Waals surface area contributed by atoms with Crippen LogP contribution in [0.3, 0.4) is 0 Å². The molecular weight excluding hydrogens is 296 g/mol. The standard InChI is InChI=1S/C13H18N2O5S/c1-13(2,3)20-12(16)15-6-7-19-11-5-4-9(8-10(11)15)21(14,17)18/h4-5,8H,6-7H2,1-3H3,(H2,14,17,18). The molecule has 1 aliphatic heterocycles. The molecular formula is C13H18N2O5S. The summed E-state index contributed by atoms with van der Waals surface area (Å²) >= 11 is 0. The third-order valence-electron chi connectivity index (χ3n) is 2.74. The van der Waals surface area contributed by atoms with E-state index in [0.717, 1.165) is 0 Å². The van der Waals surface area contributed by atoms with Crippen LogP contribution in [0.5, 0.6) is 5.75 Å². The summed E-state index contributed by atoms with van der Waals surface area (Å²) in [6.45, 7) is 5.85. The highest BCUT2D eigenvalue weighted by Crippen LogP contribution is 2.34. The van der Waals surface area contributed by atoms with Crippen molar-refractivity contribution in [1.82, 2.24) is 0 Å². The number of nitrogens with two attached hydrogens (primary N) is 1. The van der Waals surface area contributed by atoms with Gasteiger partial charge in [0, 0.05) is 0 Å². The predicted molar refractivity (Wildman–Crippen MR) is 76.9 cm³/mol. The van der Waals surface area contributed by atoms with E-state index in [-0.39, 0.29) is 11.4 Å². The number of rotatable bonds is 1. The SMILES string of the molecule is CC(C)(C)OC(=O)N1CCOc2ccc(S(N)(=O)=O)cc21. The Kier molecular flexibility index (Phi) is 3.85. The summed E-state index contributed by atoms with van der Waals surface area (Å²) in [7, 11) is -3.85. The number of carbonyl (C=O) groups excluding carboxylic acids is 1. The lowest BCUT2D eigenvalue weighted by molar-refractivity contribution is 0.0567. The van der Waals surface area contributed by atoms with Gasteiger partial charge in [-0.25, -0.2) is 18.4 Å². The maximum atomic E-state index is 12.2. The first-order valence-electron chi connectivity index (χ1n) is 6.38. The lowest BCUT2D eigenvalue weighted by Gasteiger charge is -2.31. The van der Waals surface area contributed by atoms with Gasteiger partial charge in [-0.2, -0.15) is 0 Å². The number of sulfonamides is 1. The minimum Gasteiger partial charge on any atom is -0.490 e. The van der Waals surface area contributed by atoms with Gasteiger partial charge < -0.3 is 9.47 Å². The Hall–Kier alpha value is -1.80. The highest BCUT2D eigenvalue weighted by atomic mass is 32.2. The largest absolute Gasteiger partial charge is 0.490 e. The average molecular weight is 314 g/mol. The van der Waals surface area contributed by atoms with Gasteiger partial charge in [-0.05, 0) is 39.0 Å². The number of carbonyl (C=O) groups is 1. The maximum Gasteiger partial charge on any atom is 0.415 e. The smallest absolute Gasteiger partial charge is 0.415 e. The van der Waals surface area contributed by atoms with Gasteiger partial charge in [-0.3, -0.25) is 4.90 Å². The van der Waals surface area contributed by atoms with E-state index in [2.05, 4.69) is 0 Å². The molecule has 0 fully saturated rings. The normalized spacial score (nSPS) is 15.1. The fourth-order valence-corrected chi connectivity index (χ4v) is 2.41. The number of anilines is 1. The summed E-state index contributed by atoms with van der Waals surface area (Å²) in [5.74, 6) is 0.416. The average Bonchev–Trinajstić information content (AvgIpc) is 2.34. The van der Waals surface area contributed by atoms with Crippen LogP contribution in [0.25, 0.3) is 0 Å². The van der Waals surface area contributed by atoms with Crippen LogP contribution in [0.15, 0.2) is 23.1 Å². The number of hydrogen-bond acceptors (Lipinski definition) is 5. The lowest BCUT2D eigenvalue weighted by Crippen LogP contribution is -2.41. The molecule has 0 unspecified atom stereocenters. The topological polar surface area (TPSA) is 98.9 Å². The number of primary sulfonamides is 1. The zero-order valence-corrected chi connectivity index (χ0v) is 12.9. The summed E-state index contributed by atoms with van der Waals surface area (Å²) in [6, 6.07) is 4.13. The van der Waals surface area contributed by atoms with Crippen molar-refractivity contribution in [3.05, 3.63) is 18.2 Å². The van der Waals surface area contributed by atoms with Crippen LogP contribution in [0.4, 0.5) is 10.5 Å². The molecule has 0 aliphatic carbocycles. The van der Waals surface area contributed by atoms with Crippen molar-refractivity contribution in [2.24, 2.45) is 5.14 Å². The Balaban J connectivity index is 2.40. The molecule has 1 aliphatic rings. The van der Waals surface area contributed by atoms with Crippen molar-refractivity contribution in [2.45, 2.75) is 31.3 Å². The molecule has 116 valence electrons. The number of fused-ring (bicyclic) bond motifs is 1. The third kappa shape index (κ3) is 3.64. The first-order chi connectivity index (χ1) is 9.58. The van der Waals surface area contributed by atoms with E-state index >= 15 is 0 Å². The molecule has 1 aromatic rings. The number of ether oxygens (including phenoxy) is 2. The molecule has 0 saturated carbocycles. The molecule has 0 spiro atoms. The molecule has 0 saturated heterocycles. The molecule has 2 N–H and O–H groups in total. The number of benzene rings is 1. The van der Waals surface area contributed by atoms with E-state index in [4.69, 9.17) is 14.6 Å². The zero-order chi connectivity index (χ0) is 15.8. The lowest BCUT2D eigenvalue weighted by atomic mass is 10.2. The fraction of sp³-hybridized carbons (Fsp3) is 0.462. The summed E-state index contributed by atoms with van der Waals surface area (Å²) in [5, 5.41) is 5.11. The Morgan fingerprint density at radius 1 is 1.38 bits per heavy atom. The van der Waals surface area contributed by atoms with Crippen LogP contribution >= 0.6 is 0 Å². The molecule has 0 aromatic heterocycles. The first kappa shape index (κ1) is 15.6. The van der Waals surface area contributed by atoms with E-state index in [1.54, 1.807) is 20.8 Å². The second-order valence-corrected chi connectivity index (χ2v) is 7.22. The van der Waals surface area contributed by atoms with Crippen molar-refractivity contribution in [3.8, 4) is 5.75 Å². The summed E-state index contributed by atoms with van der Waals surface area (Å²) in [6.07, 6.45) is -0.557. The van der Waals surface area contributed by atoms with E-state index in [0.29, 0.717) is 18.0 Å². The molecule has 0 bridgehead atoms. The monoisotopic (exact) mass is 314 g/mol. The Labute approximate surface area is 123 Å². The second kappa shape index (κ2) is 5.19. The van der Waals surface area contributed by atoms with Gasteiger partial charge >= 0.3 is 6.09 Å². The van der Waals surface area contributed by atoms with Gasteiger partial charge in [0.1, 0.15) is 18.0 Å². The molecule has 1 amide bonds. The molecule has 21 heavy (non-hydrogen) atoms. The molecule has 0 atom stereocenters. The van der Waals surface area contributed by atoms with Gasteiger partial charge in [-0.15, -0.1) is 0 Å². The van der Waals surface area contributed by atoms with Crippen LogP contribution in [0.2, 0.25) is 0 Å². The molecule has 7 nitrogen and oxygen atoms in total. The molecule has 1 aromatic carbocycles. The number of nitrogens with zero attached hydrogens (tertiary/aromatic N) is 1. The summed E-state index contributed by atoms with van der Waals surface area (Å²) in [4.78, 5) is 13.5.